The SMILES string of the molecule is O=C(O)c1cc(/C=C/c2cc3c(cc2Br)OCO3)nc2ccccc12. The van der Waals surface area contributed by atoms with Gasteiger partial charge in [0.25, 0.3) is 0 Å². The zero-order chi connectivity index (χ0) is 17.4. The van der Waals surface area contributed by atoms with Crippen LogP contribution in [0.25, 0.3) is 23.1 Å². The summed E-state index contributed by atoms with van der Waals surface area (Å²) in [5.41, 5.74) is 2.33. The number of ether oxygens (including phenoxy) is 2. The third kappa shape index (κ3) is 2.96. The van der Waals surface area contributed by atoms with Gasteiger partial charge in [0.05, 0.1) is 16.8 Å². The molecule has 2 heterocycles. The van der Waals surface area contributed by atoms with Crippen LogP contribution in [0.15, 0.2) is 46.9 Å². The van der Waals surface area contributed by atoms with Gasteiger partial charge in [-0.15, -0.1) is 0 Å². The molecule has 2 aromatic carbocycles. The van der Waals surface area contributed by atoms with Crippen molar-refractivity contribution in [3.05, 3.63) is 63.8 Å². The highest BCUT2D eigenvalue weighted by Crippen LogP contribution is 2.37. The van der Waals surface area contributed by atoms with E-state index in [4.69, 9.17) is 9.47 Å². The summed E-state index contributed by atoms with van der Waals surface area (Å²) in [6, 6.07) is 12.5. The second kappa shape index (κ2) is 6.22. The summed E-state index contributed by atoms with van der Waals surface area (Å²) in [5.74, 6) is 0.402. The fraction of sp³-hybridized carbons (Fsp3) is 0.0526. The van der Waals surface area contributed by atoms with Crippen molar-refractivity contribution in [2.75, 3.05) is 6.79 Å². The topological polar surface area (TPSA) is 68.7 Å². The number of halogens is 1. The molecule has 0 unspecified atom stereocenters. The van der Waals surface area contributed by atoms with E-state index in [2.05, 4.69) is 20.9 Å². The van der Waals surface area contributed by atoms with E-state index in [1.807, 2.05) is 24.3 Å². The molecule has 0 amide bonds. The Balaban J connectivity index is 1.76. The highest BCUT2D eigenvalue weighted by molar-refractivity contribution is 9.10. The van der Waals surface area contributed by atoms with Gasteiger partial charge >= 0.3 is 5.97 Å². The molecular formula is C19H12BrNO4. The van der Waals surface area contributed by atoms with Crippen LogP contribution in [0, 0.1) is 0 Å². The van der Waals surface area contributed by atoms with E-state index < -0.39 is 5.97 Å². The quantitative estimate of drug-likeness (QED) is 0.699. The largest absolute Gasteiger partial charge is 0.478 e. The fourth-order valence-corrected chi connectivity index (χ4v) is 3.15. The molecule has 0 fully saturated rings. The van der Waals surface area contributed by atoms with Gasteiger partial charge in [0.2, 0.25) is 6.79 Å². The van der Waals surface area contributed by atoms with Crippen molar-refractivity contribution in [2.24, 2.45) is 0 Å². The zero-order valence-corrected chi connectivity index (χ0v) is 14.5. The number of carboxylic acids is 1. The summed E-state index contributed by atoms with van der Waals surface area (Å²) in [7, 11) is 0. The second-order valence-electron chi connectivity index (χ2n) is 5.48. The normalized spacial score (nSPS) is 12.8. The Morgan fingerprint density at radius 2 is 1.88 bits per heavy atom. The number of fused-ring (bicyclic) bond motifs is 2. The number of benzene rings is 2. The molecule has 6 heteroatoms. The van der Waals surface area contributed by atoms with Crippen LogP contribution in [0.1, 0.15) is 21.6 Å². The lowest BCUT2D eigenvalue weighted by molar-refractivity contribution is 0.0699. The maximum atomic E-state index is 11.5. The molecule has 1 aliphatic heterocycles. The Bertz CT molecular complexity index is 1030. The van der Waals surface area contributed by atoms with Crippen molar-refractivity contribution in [1.29, 1.82) is 0 Å². The number of aromatic carboxylic acids is 1. The monoisotopic (exact) mass is 397 g/mol. The van der Waals surface area contributed by atoms with Crippen molar-refractivity contribution < 1.29 is 19.4 Å². The summed E-state index contributed by atoms with van der Waals surface area (Å²) in [6.07, 6.45) is 3.63. The van der Waals surface area contributed by atoms with E-state index in [-0.39, 0.29) is 12.4 Å². The van der Waals surface area contributed by atoms with Gasteiger partial charge in [-0.2, -0.15) is 0 Å². The van der Waals surface area contributed by atoms with E-state index in [1.165, 1.54) is 0 Å². The second-order valence-corrected chi connectivity index (χ2v) is 6.33. The van der Waals surface area contributed by atoms with Crippen molar-refractivity contribution in [1.82, 2.24) is 4.98 Å². The predicted molar refractivity (Wildman–Crippen MR) is 97.9 cm³/mol. The van der Waals surface area contributed by atoms with Gasteiger partial charge in [-0.25, -0.2) is 9.78 Å². The molecule has 0 saturated carbocycles. The molecule has 1 aliphatic rings. The standard InChI is InChI=1S/C19H12BrNO4/c20-15-9-18-17(24-10-25-18)7-11(15)5-6-12-8-14(19(22)23)13-3-1-2-4-16(13)21-12/h1-9H,10H2,(H,22,23)/b6-5+. The van der Waals surface area contributed by atoms with Crippen molar-refractivity contribution >= 4 is 45.0 Å². The smallest absolute Gasteiger partial charge is 0.336 e. The Labute approximate surface area is 151 Å². The highest BCUT2D eigenvalue weighted by Gasteiger charge is 2.15. The Kier molecular flexibility index (Phi) is 3.89. The van der Waals surface area contributed by atoms with Crippen LogP contribution in [0.3, 0.4) is 0 Å². The number of para-hydroxylation sites is 1. The molecular weight excluding hydrogens is 386 g/mol. The first-order valence-corrected chi connectivity index (χ1v) is 8.31. The van der Waals surface area contributed by atoms with Crippen molar-refractivity contribution in [2.45, 2.75) is 0 Å². The maximum Gasteiger partial charge on any atom is 0.336 e. The molecule has 5 nitrogen and oxygen atoms in total. The van der Waals surface area contributed by atoms with E-state index in [9.17, 15) is 9.90 Å². The fourth-order valence-electron chi connectivity index (χ4n) is 2.69. The van der Waals surface area contributed by atoms with Gasteiger partial charge in [-0.1, -0.05) is 40.2 Å². The van der Waals surface area contributed by atoms with Gasteiger partial charge in [0.1, 0.15) is 0 Å². The van der Waals surface area contributed by atoms with Crippen LogP contribution < -0.4 is 9.47 Å². The number of nitrogens with zero attached hydrogens (tertiary/aromatic N) is 1. The van der Waals surface area contributed by atoms with Gasteiger partial charge < -0.3 is 14.6 Å². The number of rotatable bonds is 3. The van der Waals surface area contributed by atoms with Crippen LogP contribution in [-0.2, 0) is 0 Å². The summed E-state index contributed by atoms with van der Waals surface area (Å²) in [6.45, 7) is 0.211. The van der Waals surface area contributed by atoms with E-state index >= 15 is 0 Å². The average molecular weight is 398 g/mol. The minimum absolute atomic E-state index is 0.211. The molecule has 124 valence electrons. The van der Waals surface area contributed by atoms with Gasteiger partial charge in [0, 0.05) is 9.86 Å². The summed E-state index contributed by atoms with van der Waals surface area (Å²) in [5, 5.41) is 10.1. The molecule has 3 aromatic rings. The first-order valence-electron chi connectivity index (χ1n) is 7.52. The molecule has 1 N–H and O–H groups in total. The molecule has 0 spiro atoms. The Hall–Kier alpha value is -2.86. The lowest BCUT2D eigenvalue weighted by atomic mass is 10.1. The lowest BCUT2D eigenvalue weighted by Gasteiger charge is -2.05. The number of hydrogen-bond donors (Lipinski definition) is 1. The molecule has 4 rings (SSSR count). The molecule has 25 heavy (non-hydrogen) atoms. The third-order valence-electron chi connectivity index (χ3n) is 3.89. The van der Waals surface area contributed by atoms with E-state index in [1.54, 1.807) is 30.3 Å². The first kappa shape index (κ1) is 15.7. The van der Waals surface area contributed by atoms with Gasteiger partial charge in [-0.3, -0.25) is 0 Å². The summed E-state index contributed by atoms with van der Waals surface area (Å²) < 4.78 is 11.6. The number of hydrogen-bond acceptors (Lipinski definition) is 4. The van der Waals surface area contributed by atoms with E-state index in [0.717, 1.165) is 10.0 Å². The van der Waals surface area contributed by atoms with Crippen LogP contribution in [0.4, 0.5) is 0 Å². The Morgan fingerprint density at radius 3 is 2.68 bits per heavy atom. The van der Waals surface area contributed by atoms with Crippen molar-refractivity contribution in [3.63, 3.8) is 0 Å². The average Bonchev–Trinajstić information content (AvgIpc) is 3.05. The lowest BCUT2D eigenvalue weighted by Crippen LogP contribution is -2.00. The Morgan fingerprint density at radius 1 is 1.12 bits per heavy atom. The number of carbonyl (C=O) groups is 1. The predicted octanol–water partition coefficient (Wildman–Crippen LogP) is 4.59. The maximum absolute atomic E-state index is 11.5. The van der Waals surface area contributed by atoms with Gasteiger partial charge in [0.15, 0.2) is 11.5 Å². The molecule has 1 aromatic heterocycles. The first-order chi connectivity index (χ1) is 12.1. The molecule has 0 atom stereocenters. The summed E-state index contributed by atoms with van der Waals surface area (Å²) in [4.78, 5) is 16.0. The minimum atomic E-state index is -0.975. The number of pyridine rings is 1. The van der Waals surface area contributed by atoms with Crippen LogP contribution >= 0.6 is 15.9 Å². The zero-order valence-electron chi connectivity index (χ0n) is 12.9. The minimum Gasteiger partial charge on any atom is -0.478 e. The van der Waals surface area contributed by atoms with Crippen LogP contribution in [0.5, 0.6) is 11.5 Å². The van der Waals surface area contributed by atoms with Gasteiger partial charge in [-0.05, 0) is 35.9 Å². The molecule has 0 bridgehead atoms. The number of carboxylic acid groups (broad SMARTS) is 1. The number of aromatic nitrogens is 1. The highest BCUT2D eigenvalue weighted by atomic mass is 79.9. The molecule has 0 saturated heterocycles. The van der Waals surface area contributed by atoms with E-state index in [0.29, 0.717) is 28.1 Å². The van der Waals surface area contributed by atoms with Crippen molar-refractivity contribution in [3.8, 4) is 11.5 Å². The van der Waals surface area contributed by atoms with Crippen LogP contribution in [-0.4, -0.2) is 22.9 Å². The van der Waals surface area contributed by atoms with Crippen LogP contribution in [0.2, 0.25) is 0 Å². The third-order valence-corrected chi connectivity index (χ3v) is 4.58. The summed E-state index contributed by atoms with van der Waals surface area (Å²) >= 11 is 3.50. The molecule has 0 aliphatic carbocycles. The molecule has 0 radical (unpaired) electrons.